The third-order valence-corrected chi connectivity index (χ3v) is 2.75. The zero-order chi connectivity index (χ0) is 11.4. The van der Waals surface area contributed by atoms with E-state index in [1.54, 1.807) is 12.4 Å². The molecule has 16 heavy (non-hydrogen) atoms. The fraction of sp³-hybridized carbons (Fsp3) is 0.455. The van der Waals surface area contributed by atoms with Crippen LogP contribution in [0.15, 0.2) is 22.9 Å². The molecule has 5 heteroatoms. The molecule has 1 saturated heterocycles. The molecular formula is C11H12BrNO3. The molecule has 2 rings (SSSR count). The minimum atomic E-state index is -0.423. The highest BCUT2D eigenvalue weighted by Gasteiger charge is 2.22. The number of carbonyl (C=O) groups is 1. The Labute approximate surface area is 102 Å². The van der Waals surface area contributed by atoms with Crippen LogP contribution >= 0.6 is 15.9 Å². The molecule has 4 nitrogen and oxygen atoms in total. The van der Waals surface area contributed by atoms with E-state index in [-0.39, 0.29) is 5.78 Å². The molecule has 0 amide bonds. The monoisotopic (exact) mass is 285 g/mol. The zero-order valence-electron chi connectivity index (χ0n) is 8.69. The lowest BCUT2D eigenvalue weighted by Crippen LogP contribution is -2.36. The summed E-state index contributed by atoms with van der Waals surface area (Å²) in [6.45, 7) is 1.43. The molecule has 1 fully saturated rings. The molecule has 0 saturated carbocycles. The second-order valence-corrected chi connectivity index (χ2v) is 4.50. The van der Waals surface area contributed by atoms with Crippen LogP contribution < -0.4 is 0 Å². The van der Waals surface area contributed by atoms with Crippen molar-refractivity contribution in [3.63, 3.8) is 0 Å². The van der Waals surface area contributed by atoms with Gasteiger partial charge in [-0.25, -0.2) is 0 Å². The van der Waals surface area contributed by atoms with Crippen molar-refractivity contribution in [1.29, 1.82) is 0 Å². The smallest absolute Gasteiger partial charge is 0.168 e. The summed E-state index contributed by atoms with van der Waals surface area (Å²) in [6, 6.07) is 1.88. The quantitative estimate of drug-likeness (QED) is 0.842. The molecule has 86 valence electrons. The summed E-state index contributed by atoms with van der Waals surface area (Å²) in [6.07, 6.45) is 3.29. The summed E-state index contributed by atoms with van der Waals surface area (Å²) in [5.41, 5.74) is 0.883. The van der Waals surface area contributed by atoms with Crippen molar-refractivity contribution in [1.82, 2.24) is 4.98 Å². The molecule has 1 unspecified atom stereocenters. The Morgan fingerprint density at radius 2 is 2.38 bits per heavy atom. The van der Waals surface area contributed by atoms with Crippen molar-refractivity contribution in [3.05, 3.63) is 28.5 Å². The van der Waals surface area contributed by atoms with Crippen molar-refractivity contribution >= 4 is 21.7 Å². The standard InChI is InChI=1S/C11H12BrNO3/c12-9-3-8(5-13-6-9)4-10(14)11-7-15-1-2-16-11/h3,5-6,11H,1-2,4,7H2. The molecule has 0 N–H and O–H groups in total. The van der Waals surface area contributed by atoms with E-state index in [4.69, 9.17) is 9.47 Å². The SMILES string of the molecule is O=C(Cc1cncc(Br)c1)C1COCCO1. The van der Waals surface area contributed by atoms with E-state index in [0.717, 1.165) is 10.0 Å². The normalized spacial score (nSPS) is 20.7. The number of hydrogen-bond acceptors (Lipinski definition) is 4. The van der Waals surface area contributed by atoms with Crippen LogP contribution in [0.5, 0.6) is 0 Å². The minimum absolute atomic E-state index is 0.0413. The van der Waals surface area contributed by atoms with Crippen molar-refractivity contribution in [2.24, 2.45) is 0 Å². The van der Waals surface area contributed by atoms with Crippen LogP contribution in [-0.4, -0.2) is 36.7 Å². The first-order chi connectivity index (χ1) is 7.75. The van der Waals surface area contributed by atoms with E-state index < -0.39 is 6.10 Å². The third kappa shape index (κ3) is 3.10. The molecule has 2 heterocycles. The van der Waals surface area contributed by atoms with Crippen LogP contribution in [0, 0.1) is 0 Å². The van der Waals surface area contributed by atoms with Gasteiger partial charge >= 0.3 is 0 Å². The molecular weight excluding hydrogens is 274 g/mol. The molecule has 1 aromatic heterocycles. The summed E-state index contributed by atoms with van der Waals surface area (Å²) in [5.74, 6) is 0.0413. The Kier molecular flexibility index (Phi) is 4.04. The van der Waals surface area contributed by atoms with Gasteiger partial charge in [0.1, 0.15) is 6.10 Å². The Hall–Kier alpha value is -0.780. The maximum Gasteiger partial charge on any atom is 0.168 e. The maximum atomic E-state index is 11.8. The maximum absolute atomic E-state index is 11.8. The van der Waals surface area contributed by atoms with Gasteiger partial charge in [-0.2, -0.15) is 0 Å². The van der Waals surface area contributed by atoms with E-state index in [9.17, 15) is 4.79 Å². The highest BCUT2D eigenvalue weighted by Crippen LogP contribution is 2.12. The first-order valence-electron chi connectivity index (χ1n) is 5.07. The van der Waals surface area contributed by atoms with Gasteiger partial charge in [0, 0.05) is 23.3 Å². The van der Waals surface area contributed by atoms with Gasteiger partial charge in [0.05, 0.1) is 19.8 Å². The average Bonchev–Trinajstić information content (AvgIpc) is 2.30. The van der Waals surface area contributed by atoms with E-state index in [1.807, 2.05) is 6.07 Å². The first kappa shape index (κ1) is 11.7. The fourth-order valence-corrected chi connectivity index (χ4v) is 1.95. The van der Waals surface area contributed by atoms with E-state index in [2.05, 4.69) is 20.9 Å². The van der Waals surface area contributed by atoms with Crippen LogP contribution in [0.25, 0.3) is 0 Å². The number of ether oxygens (including phenoxy) is 2. The molecule has 0 aliphatic carbocycles. The zero-order valence-corrected chi connectivity index (χ0v) is 10.3. The van der Waals surface area contributed by atoms with Gasteiger partial charge in [-0.1, -0.05) is 0 Å². The van der Waals surface area contributed by atoms with E-state index >= 15 is 0 Å². The Morgan fingerprint density at radius 1 is 1.50 bits per heavy atom. The van der Waals surface area contributed by atoms with Gasteiger partial charge in [0.2, 0.25) is 0 Å². The molecule has 1 aromatic rings. The molecule has 0 bridgehead atoms. The summed E-state index contributed by atoms with van der Waals surface area (Å²) < 4.78 is 11.4. The van der Waals surface area contributed by atoms with E-state index in [0.29, 0.717) is 26.2 Å². The van der Waals surface area contributed by atoms with Crippen LogP contribution in [0.2, 0.25) is 0 Å². The number of ketones is 1. The molecule has 0 aromatic carbocycles. The van der Waals surface area contributed by atoms with Gasteiger partial charge in [-0.05, 0) is 27.6 Å². The van der Waals surface area contributed by atoms with Crippen molar-refractivity contribution < 1.29 is 14.3 Å². The lowest BCUT2D eigenvalue weighted by Gasteiger charge is -2.21. The van der Waals surface area contributed by atoms with Crippen molar-refractivity contribution in [2.75, 3.05) is 19.8 Å². The average molecular weight is 286 g/mol. The highest BCUT2D eigenvalue weighted by atomic mass is 79.9. The molecule has 1 aliphatic heterocycles. The number of rotatable bonds is 3. The van der Waals surface area contributed by atoms with Gasteiger partial charge in [-0.3, -0.25) is 9.78 Å². The third-order valence-electron chi connectivity index (χ3n) is 2.31. The number of pyridine rings is 1. The predicted octanol–water partition coefficient (Wildman–Crippen LogP) is 1.37. The highest BCUT2D eigenvalue weighted by molar-refractivity contribution is 9.10. The predicted molar refractivity (Wildman–Crippen MR) is 61.2 cm³/mol. The second kappa shape index (κ2) is 5.52. The molecule has 1 atom stereocenters. The van der Waals surface area contributed by atoms with Crippen LogP contribution in [0.3, 0.4) is 0 Å². The molecule has 0 spiro atoms. The van der Waals surface area contributed by atoms with Gasteiger partial charge < -0.3 is 9.47 Å². The number of aromatic nitrogens is 1. The van der Waals surface area contributed by atoms with Crippen LogP contribution in [-0.2, 0) is 20.7 Å². The summed E-state index contributed by atoms with van der Waals surface area (Å²) >= 11 is 3.32. The topological polar surface area (TPSA) is 48.4 Å². The van der Waals surface area contributed by atoms with Gasteiger partial charge in [0.25, 0.3) is 0 Å². The minimum Gasteiger partial charge on any atom is -0.376 e. The number of nitrogens with zero attached hydrogens (tertiary/aromatic N) is 1. The summed E-state index contributed by atoms with van der Waals surface area (Å²) in [4.78, 5) is 15.8. The van der Waals surface area contributed by atoms with Gasteiger partial charge in [0.15, 0.2) is 5.78 Å². The van der Waals surface area contributed by atoms with E-state index in [1.165, 1.54) is 0 Å². The number of hydrogen-bond donors (Lipinski definition) is 0. The fourth-order valence-electron chi connectivity index (χ4n) is 1.54. The number of carbonyl (C=O) groups excluding carboxylic acids is 1. The summed E-state index contributed by atoms with van der Waals surface area (Å²) in [5, 5.41) is 0. The Bertz CT molecular complexity index is 377. The second-order valence-electron chi connectivity index (χ2n) is 3.59. The van der Waals surface area contributed by atoms with Crippen molar-refractivity contribution in [3.8, 4) is 0 Å². The van der Waals surface area contributed by atoms with Gasteiger partial charge in [-0.15, -0.1) is 0 Å². The first-order valence-corrected chi connectivity index (χ1v) is 5.86. The van der Waals surface area contributed by atoms with Crippen LogP contribution in [0.4, 0.5) is 0 Å². The number of halogens is 1. The lowest BCUT2D eigenvalue weighted by atomic mass is 10.1. The summed E-state index contributed by atoms with van der Waals surface area (Å²) in [7, 11) is 0. The number of Topliss-reactive ketones (excluding diaryl/α,β-unsaturated/α-hetero) is 1. The van der Waals surface area contributed by atoms with Crippen molar-refractivity contribution in [2.45, 2.75) is 12.5 Å². The molecule has 1 aliphatic rings. The van der Waals surface area contributed by atoms with Crippen LogP contribution in [0.1, 0.15) is 5.56 Å². The Morgan fingerprint density at radius 3 is 3.06 bits per heavy atom. The lowest BCUT2D eigenvalue weighted by molar-refractivity contribution is -0.144. The Balaban J connectivity index is 1.96. The molecule has 0 radical (unpaired) electrons. The largest absolute Gasteiger partial charge is 0.376 e.